The molecule has 68 heavy (non-hydrogen) atoms. The van der Waals surface area contributed by atoms with Crippen LogP contribution >= 0.6 is 36.2 Å². The molecule has 374 valence electrons. The number of hydrogen-bond donors (Lipinski definition) is 5. The first-order chi connectivity index (χ1) is 32.1. The molecule has 1 aliphatic carbocycles. The van der Waals surface area contributed by atoms with E-state index >= 15 is 0 Å². The molecular weight excluding hydrogens is 942 g/mol. The van der Waals surface area contributed by atoms with E-state index in [4.69, 9.17) is 30.5 Å². The Morgan fingerprint density at radius 3 is 2.50 bits per heavy atom. The Kier molecular flexibility index (Phi) is 17.4. The minimum absolute atomic E-state index is 0.0205. The number of anilines is 1. The van der Waals surface area contributed by atoms with Gasteiger partial charge in [-0.15, -0.1) is 11.8 Å². The molecular formula is C47H64ClN5O13S2. The summed E-state index contributed by atoms with van der Waals surface area (Å²) in [6.07, 6.45) is 2.98. The summed E-state index contributed by atoms with van der Waals surface area (Å²) in [5.74, 6) is -2.87. The molecule has 3 saturated heterocycles. The number of alkyl carbamates (subject to hydrolysis) is 1. The number of likely N-dealkylation sites (N-methyl/N-ethyl adjacent to an activating group) is 1. The molecule has 5 aliphatic rings. The van der Waals surface area contributed by atoms with E-state index < -0.39 is 89.9 Å². The van der Waals surface area contributed by atoms with Crippen molar-refractivity contribution in [1.82, 2.24) is 19.8 Å². The summed E-state index contributed by atoms with van der Waals surface area (Å²) in [4.78, 5) is 96.9. The highest BCUT2D eigenvalue weighted by Gasteiger charge is 2.64. The van der Waals surface area contributed by atoms with Crippen LogP contribution in [0.25, 0.3) is 0 Å². The first kappa shape index (κ1) is 53.2. The Labute approximate surface area is 411 Å². The highest BCUT2D eigenvalue weighted by atomic mass is 35.5. The number of nitrogens with zero attached hydrogens (tertiary/aromatic N) is 3. The van der Waals surface area contributed by atoms with Gasteiger partial charge in [0.15, 0.2) is 5.72 Å². The predicted octanol–water partition coefficient (Wildman–Crippen LogP) is 4.02. The SMILES string of the molecule is CO[C@@H]1/C=C/C=C(\C)Cc2cc(CO)c(Cl)c(c2)N(C)C(=O)C[C@H](OC(=O)[C@H](C)N(C)C(=O)CCSC2CC(=O)N(CC3CCC(C(=O)NS)CC3)C2=O)[C@]2(C)O[C@H]2[C@H](C)[C@@H]2C[C@@]1(O)NC(=O)O2. The molecule has 4 aliphatic heterocycles. The Balaban J connectivity index is 1.15. The fourth-order valence-electron chi connectivity index (χ4n) is 9.67. The van der Waals surface area contributed by atoms with Crippen LogP contribution in [0.1, 0.15) is 90.2 Å². The normalized spacial score (nSPS) is 32.8. The third kappa shape index (κ3) is 11.9. The van der Waals surface area contributed by atoms with Gasteiger partial charge in [0.05, 0.1) is 35.1 Å². The highest BCUT2D eigenvalue weighted by Crippen LogP contribution is 2.49. The van der Waals surface area contributed by atoms with Gasteiger partial charge in [-0.05, 0) is 76.0 Å². The second-order valence-corrected chi connectivity index (χ2v) is 20.8. The molecule has 6 rings (SSSR count). The first-order valence-electron chi connectivity index (χ1n) is 22.9. The van der Waals surface area contributed by atoms with Gasteiger partial charge >= 0.3 is 12.1 Å². The highest BCUT2D eigenvalue weighted by molar-refractivity contribution is 8.00. The maximum atomic E-state index is 14.3. The van der Waals surface area contributed by atoms with Crippen LogP contribution in [0.15, 0.2) is 35.9 Å². The van der Waals surface area contributed by atoms with Crippen molar-refractivity contribution in [3.63, 3.8) is 0 Å². The number of thiol groups is 1. The topological polar surface area (TPSA) is 234 Å². The number of methoxy groups -OCH3 is 1. The van der Waals surface area contributed by atoms with E-state index in [2.05, 4.69) is 22.9 Å². The zero-order valence-corrected chi connectivity index (χ0v) is 42.0. The molecule has 6 amide bonds. The van der Waals surface area contributed by atoms with E-state index in [9.17, 15) is 43.8 Å². The lowest BCUT2D eigenvalue weighted by molar-refractivity contribution is -0.162. The van der Waals surface area contributed by atoms with E-state index in [0.29, 0.717) is 49.9 Å². The van der Waals surface area contributed by atoms with Crippen LogP contribution in [0.4, 0.5) is 10.5 Å². The molecule has 4 bridgehead atoms. The Morgan fingerprint density at radius 1 is 1.13 bits per heavy atom. The second-order valence-electron chi connectivity index (χ2n) is 18.9. The number of imide groups is 1. The summed E-state index contributed by atoms with van der Waals surface area (Å²) >= 11 is 11.8. The number of nitrogens with one attached hydrogen (secondary N) is 2. The van der Waals surface area contributed by atoms with Gasteiger partial charge in [0.2, 0.25) is 29.5 Å². The number of fused-ring (bicyclic) bond motifs is 5. The van der Waals surface area contributed by atoms with Gasteiger partial charge < -0.3 is 43.7 Å². The van der Waals surface area contributed by atoms with E-state index in [1.54, 1.807) is 38.1 Å². The van der Waals surface area contributed by atoms with E-state index in [1.807, 2.05) is 13.0 Å². The van der Waals surface area contributed by atoms with Gasteiger partial charge in [0, 0.05) is 64.6 Å². The first-order valence-corrected chi connectivity index (χ1v) is 24.8. The van der Waals surface area contributed by atoms with E-state index in [-0.39, 0.29) is 59.6 Å². The average molecular weight is 1010 g/mol. The number of carbonyl (C=O) groups is 7. The minimum atomic E-state index is -1.88. The molecule has 9 atom stereocenters. The number of likely N-dealkylation sites (tertiary alicyclic amines) is 1. The molecule has 0 spiro atoms. The quantitative estimate of drug-likeness (QED) is 0.0862. The zero-order valence-electron chi connectivity index (χ0n) is 39.5. The molecule has 4 N–H and O–H groups in total. The summed E-state index contributed by atoms with van der Waals surface area (Å²) < 4.78 is 26.1. The number of aliphatic hydroxyl groups is 2. The van der Waals surface area contributed by atoms with E-state index in [1.165, 1.54) is 54.6 Å². The summed E-state index contributed by atoms with van der Waals surface area (Å²) in [6.45, 7) is 6.70. The second kappa shape index (κ2) is 22.3. The summed E-state index contributed by atoms with van der Waals surface area (Å²) in [6, 6.07) is 2.35. The number of epoxide rings is 1. The van der Waals surface area contributed by atoms with Crippen molar-refractivity contribution in [1.29, 1.82) is 0 Å². The molecule has 0 aromatic heterocycles. The number of allylic oxidation sites excluding steroid dienone is 3. The molecule has 1 unspecified atom stereocenters. The smallest absolute Gasteiger partial charge is 0.409 e. The fraction of sp³-hybridized carbons (Fsp3) is 0.638. The number of benzene rings is 1. The van der Waals surface area contributed by atoms with Crippen molar-refractivity contribution in [2.75, 3.05) is 38.4 Å². The maximum Gasteiger partial charge on any atom is 0.409 e. The van der Waals surface area contributed by atoms with Gasteiger partial charge in [-0.3, -0.25) is 34.2 Å². The third-order valence-corrected chi connectivity index (χ3v) is 16.1. The van der Waals surface area contributed by atoms with Crippen molar-refractivity contribution >= 4 is 83.5 Å². The van der Waals surface area contributed by atoms with Gasteiger partial charge in [-0.25, -0.2) is 9.59 Å². The van der Waals surface area contributed by atoms with Crippen LogP contribution in [-0.2, 0) is 60.7 Å². The maximum absolute atomic E-state index is 14.3. The summed E-state index contributed by atoms with van der Waals surface area (Å²) in [5, 5.41) is 24.1. The number of hydrogen-bond acceptors (Lipinski definition) is 15. The van der Waals surface area contributed by atoms with Crippen LogP contribution in [0.2, 0.25) is 5.02 Å². The Morgan fingerprint density at radius 2 is 1.84 bits per heavy atom. The van der Waals surface area contributed by atoms with Gasteiger partial charge in [-0.1, -0.05) is 61.2 Å². The lowest BCUT2D eigenvalue weighted by Crippen LogP contribution is -2.63. The van der Waals surface area contributed by atoms with Crippen LogP contribution < -0.4 is 14.9 Å². The summed E-state index contributed by atoms with van der Waals surface area (Å²) in [5.41, 5.74) is -0.876. The Hall–Kier alpha value is -4.18. The third-order valence-electron chi connectivity index (χ3n) is 14.2. The lowest BCUT2D eigenvalue weighted by atomic mass is 9.81. The largest absolute Gasteiger partial charge is 0.457 e. The molecule has 4 fully saturated rings. The zero-order chi connectivity index (χ0) is 49.8. The number of halogens is 1. The number of thioether (sulfide) groups is 1. The molecule has 1 saturated carbocycles. The molecule has 21 heteroatoms. The van der Waals surface area contributed by atoms with Crippen LogP contribution in [0.5, 0.6) is 0 Å². The van der Waals surface area contributed by atoms with Crippen LogP contribution in [-0.4, -0.2) is 142 Å². The molecule has 4 heterocycles. The van der Waals surface area contributed by atoms with Crippen molar-refractivity contribution in [2.24, 2.45) is 17.8 Å². The van der Waals surface area contributed by atoms with Crippen molar-refractivity contribution in [3.05, 3.63) is 52.1 Å². The van der Waals surface area contributed by atoms with E-state index in [0.717, 1.165) is 11.1 Å². The molecule has 1 aromatic rings. The lowest BCUT2D eigenvalue weighted by Gasteiger charge is -2.42. The Bertz CT molecular complexity index is 2190. The number of rotatable bonds is 12. The number of amides is 6. The predicted molar refractivity (Wildman–Crippen MR) is 255 cm³/mol. The van der Waals surface area contributed by atoms with Gasteiger partial charge in [0.1, 0.15) is 30.0 Å². The number of esters is 1. The monoisotopic (exact) mass is 1010 g/mol. The molecule has 0 radical (unpaired) electrons. The summed E-state index contributed by atoms with van der Waals surface area (Å²) in [7, 11) is 4.38. The minimum Gasteiger partial charge on any atom is -0.457 e. The fourth-order valence-corrected chi connectivity index (χ4v) is 11.3. The van der Waals surface area contributed by atoms with Crippen molar-refractivity contribution in [3.8, 4) is 0 Å². The van der Waals surface area contributed by atoms with Gasteiger partial charge in [-0.2, -0.15) is 0 Å². The number of aliphatic hydroxyl groups excluding tert-OH is 1. The van der Waals surface area contributed by atoms with Gasteiger partial charge in [0.25, 0.3) is 0 Å². The standard InChI is InChI=1S/C47H64ClN5O13S2/c1-25-9-8-10-35(63-7)47(62)22-33(64-45(61)49-47)26(2)41-46(4,66-41)36(21-38(56)52(6)32-19-29(17-25)18-31(24-54)40(32)48)65-44(60)27(3)51(5)37(55)15-16-68-34-20-39(57)53(43(34)59)23-28-11-13-30(14-12-28)42(58)50-67/h8-10,18-19,26-28,30,33-36,41,54,62,67H,11-17,20-24H2,1-7H3,(H,49,61)(H,50,58)/b10-8+,25-9+/t26-,27+,28?,30?,33+,34?,35-,36+,41+,46+,47+/m1/s1. The molecule has 18 nitrogen and oxygen atoms in total. The van der Waals surface area contributed by atoms with Crippen LogP contribution in [0, 0.1) is 17.8 Å². The van der Waals surface area contributed by atoms with Crippen molar-refractivity contribution in [2.45, 2.75) is 139 Å². The molecule has 1 aromatic carbocycles. The van der Waals surface area contributed by atoms with Crippen molar-refractivity contribution < 1.29 is 62.7 Å². The number of ether oxygens (including phenoxy) is 4. The number of carbonyl (C=O) groups excluding carboxylic acids is 7. The average Bonchev–Trinajstić information content (AvgIpc) is 3.94. The van der Waals surface area contributed by atoms with Crippen LogP contribution in [0.3, 0.4) is 0 Å².